The number of hydrogen-bond acceptors (Lipinski definition) is 8. The molecule has 0 N–H and O–H groups in total. The number of aromatic nitrogens is 5. The molecule has 0 aliphatic rings. The third-order valence-corrected chi connectivity index (χ3v) is 5.03. The van der Waals surface area contributed by atoms with Crippen LogP contribution in [0.15, 0.2) is 35.4 Å². The van der Waals surface area contributed by atoms with Crippen molar-refractivity contribution in [2.24, 2.45) is 0 Å². The molecule has 0 saturated heterocycles. The summed E-state index contributed by atoms with van der Waals surface area (Å²) in [6.45, 7) is -0.161. The molecular formula is C17H9F3N5O3S-. The van der Waals surface area contributed by atoms with E-state index in [-0.39, 0.29) is 28.8 Å². The molecule has 1 aromatic carbocycles. The number of benzene rings is 1. The second-order valence-electron chi connectivity index (χ2n) is 6.00. The third-order valence-electron chi connectivity index (χ3n) is 4.01. The van der Waals surface area contributed by atoms with E-state index >= 15 is 0 Å². The Hall–Kier alpha value is -3.41. The van der Waals surface area contributed by atoms with Gasteiger partial charge in [0.05, 0.1) is 28.0 Å². The number of thiazole rings is 1. The summed E-state index contributed by atoms with van der Waals surface area (Å²) < 4.78 is 40.1. The second-order valence-corrected chi connectivity index (χ2v) is 7.11. The van der Waals surface area contributed by atoms with Crippen LogP contribution in [0.1, 0.15) is 16.3 Å². The molecule has 4 aromatic rings. The topological polar surface area (TPSA) is 114 Å². The molecule has 0 bridgehead atoms. The average molecular weight is 420 g/mol. The Bertz CT molecular complexity index is 1320. The van der Waals surface area contributed by atoms with Gasteiger partial charge in [-0.2, -0.15) is 18.3 Å². The van der Waals surface area contributed by atoms with Crippen molar-refractivity contribution in [3.8, 4) is 0 Å². The Morgan fingerprint density at radius 2 is 1.90 bits per heavy atom. The number of carboxylic acids is 1. The number of fused-ring (bicyclic) bond motifs is 2. The van der Waals surface area contributed by atoms with Crippen molar-refractivity contribution < 1.29 is 23.1 Å². The maximum absolute atomic E-state index is 12.9. The van der Waals surface area contributed by atoms with Crippen molar-refractivity contribution in [1.82, 2.24) is 24.7 Å². The van der Waals surface area contributed by atoms with Crippen LogP contribution in [0.2, 0.25) is 0 Å². The SMILES string of the molecule is O=C([O-])Cc1nn(Cc2nc3cc(C(F)(F)F)ccc3s2)c(=O)c2nccnc12. The quantitative estimate of drug-likeness (QED) is 0.487. The fraction of sp³-hybridized carbons (Fsp3) is 0.176. The Kier molecular flexibility index (Phi) is 4.49. The van der Waals surface area contributed by atoms with Gasteiger partial charge in [-0.25, -0.2) is 14.6 Å². The summed E-state index contributed by atoms with van der Waals surface area (Å²) in [6, 6.07) is 3.19. The highest BCUT2D eigenvalue weighted by Gasteiger charge is 2.30. The zero-order valence-electron chi connectivity index (χ0n) is 14.3. The van der Waals surface area contributed by atoms with Crippen LogP contribution in [0.5, 0.6) is 0 Å². The first-order valence-corrected chi connectivity index (χ1v) is 8.91. The lowest BCUT2D eigenvalue weighted by molar-refractivity contribution is -0.304. The van der Waals surface area contributed by atoms with Crippen LogP contribution < -0.4 is 10.7 Å². The normalized spacial score (nSPS) is 12.0. The molecule has 3 heterocycles. The molecule has 0 aliphatic heterocycles. The van der Waals surface area contributed by atoms with Gasteiger partial charge in [-0.1, -0.05) is 0 Å². The smallest absolute Gasteiger partial charge is 0.416 e. The molecule has 8 nitrogen and oxygen atoms in total. The first kappa shape index (κ1) is 18.9. The summed E-state index contributed by atoms with van der Waals surface area (Å²) in [4.78, 5) is 35.7. The molecule has 29 heavy (non-hydrogen) atoms. The van der Waals surface area contributed by atoms with Gasteiger partial charge < -0.3 is 9.90 Å². The Balaban J connectivity index is 1.78. The monoisotopic (exact) mass is 420 g/mol. The van der Waals surface area contributed by atoms with Crippen molar-refractivity contribution in [3.05, 3.63) is 57.2 Å². The van der Waals surface area contributed by atoms with E-state index in [2.05, 4.69) is 20.1 Å². The van der Waals surface area contributed by atoms with E-state index in [1.165, 1.54) is 18.5 Å². The maximum atomic E-state index is 12.9. The molecule has 0 spiro atoms. The van der Waals surface area contributed by atoms with Crippen LogP contribution >= 0.6 is 11.3 Å². The fourth-order valence-electron chi connectivity index (χ4n) is 2.78. The van der Waals surface area contributed by atoms with E-state index in [0.29, 0.717) is 9.71 Å². The predicted molar refractivity (Wildman–Crippen MR) is 94.0 cm³/mol. The molecule has 4 rings (SSSR count). The van der Waals surface area contributed by atoms with E-state index in [4.69, 9.17) is 0 Å². The number of alkyl halides is 3. The number of carbonyl (C=O) groups excluding carboxylic acids is 1. The number of carbonyl (C=O) groups is 1. The summed E-state index contributed by atoms with van der Waals surface area (Å²) in [7, 11) is 0. The zero-order valence-corrected chi connectivity index (χ0v) is 15.1. The van der Waals surface area contributed by atoms with Crippen LogP contribution in [-0.4, -0.2) is 30.7 Å². The van der Waals surface area contributed by atoms with Gasteiger partial charge in [0.25, 0.3) is 5.56 Å². The molecule has 12 heteroatoms. The van der Waals surface area contributed by atoms with Gasteiger partial charge in [0.1, 0.15) is 10.5 Å². The van der Waals surface area contributed by atoms with Crippen LogP contribution in [0, 0.1) is 0 Å². The minimum absolute atomic E-state index is 0.00633. The van der Waals surface area contributed by atoms with Crippen molar-refractivity contribution in [1.29, 1.82) is 0 Å². The van der Waals surface area contributed by atoms with Gasteiger partial charge in [-0.05, 0) is 18.2 Å². The van der Waals surface area contributed by atoms with E-state index in [9.17, 15) is 27.9 Å². The van der Waals surface area contributed by atoms with Gasteiger partial charge in [0, 0.05) is 24.8 Å². The largest absolute Gasteiger partial charge is 0.550 e. The van der Waals surface area contributed by atoms with Gasteiger partial charge in [0.2, 0.25) is 0 Å². The predicted octanol–water partition coefficient (Wildman–Crippen LogP) is 1.16. The number of rotatable bonds is 4. The number of nitrogens with zero attached hydrogens (tertiary/aromatic N) is 5. The molecular weight excluding hydrogens is 411 g/mol. The summed E-state index contributed by atoms with van der Waals surface area (Å²) in [5, 5.41) is 15.4. The van der Waals surface area contributed by atoms with Gasteiger partial charge in [0.15, 0.2) is 5.52 Å². The lowest BCUT2D eigenvalue weighted by Crippen LogP contribution is -2.30. The minimum Gasteiger partial charge on any atom is -0.550 e. The molecule has 0 fully saturated rings. The average Bonchev–Trinajstić information content (AvgIpc) is 3.06. The Morgan fingerprint density at radius 1 is 1.17 bits per heavy atom. The van der Waals surface area contributed by atoms with Crippen molar-refractivity contribution >= 4 is 38.6 Å². The van der Waals surface area contributed by atoms with E-state index in [1.54, 1.807) is 0 Å². The molecule has 0 aliphatic carbocycles. The summed E-state index contributed by atoms with van der Waals surface area (Å²) >= 11 is 1.10. The zero-order chi connectivity index (χ0) is 20.8. The fourth-order valence-corrected chi connectivity index (χ4v) is 3.71. The van der Waals surface area contributed by atoms with Gasteiger partial charge in [-0.15, -0.1) is 11.3 Å². The molecule has 0 saturated carbocycles. The molecule has 148 valence electrons. The molecule has 0 radical (unpaired) electrons. The second kappa shape index (κ2) is 6.88. The van der Waals surface area contributed by atoms with Gasteiger partial charge in [-0.3, -0.25) is 9.78 Å². The highest BCUT2D eigenvalue weighted by Crippen LogP contribution is 2.32. The highest BCUT2D eigenvalue weighted by molar-refractivity contribution is 7.18. The standard InChI is InChI=1S/C17H10F3N5O3S/c18-17(19,20)8-1-2-11-9(5-8)23-12(29-11)7-25-16(28)15-14(21-3-4-22-15)10(24-25)6-13(26)27/h1-5H,6-7H2,(H,26,27)/p-1. The van der Waals surface area contributed by atoms with Crippen molar-refractivity contribution in [2.45, 2.75) is 19.1 Å². The first-order chi connectivity index (χ1) is 13.7. The van der Waals surface area contributed by atoms with Crippen LogP contribution in [-0.2, 0) is 23.9 Å². The third kappa shape index (κ3) is 3.66. The summed E-state index contributed by atoms with van der Waals surface area (Å²) in [5.74, 6) is -1.41. The lowest BCUT2D eigenvalue weighted by atomic mass is 10.2. The number of hydrogen-bond donors (Lipinski definition) is 0. The lowest BCUT2D eigenvalue weighted by Gasteiger charge is -2.09. The summed E-state index contributed by atoms with van der Waals surface area (Å²) in [5.41, 5.74) is -1.33. The number of carboxylic acid groups (broad SMARTS) is 1. The Morgan fingerprint density at radius 3 is 2.59 bits per heavy atom. The van der Waals surface area contributed by atoms with E-state index < -0.39 is 29.7 Å². The van der Waals surface area contributed by atoms with Crippen LogP contribution in [0.25, 0.3) is 21.3 Å². The molecule has 0 atom stereocenters. The van der Waals surface area contributed by atoms with E-state index in [0.717, 1.165) is 28.2 Å². The molecule has 0 amide bonds. The van der Waals surface area contributed by atoms with Gasteiger partial charge >= 0.3 is 6.18 Å². The molecule has 0 unspecified atom stereocenters. The number of halogens is 3. The maximum Gasteiger partial charge on any atom is 0.416 e. The van der Waals surface area contributed by atoms with Crippen LogP contribution in [0.3, 0.4) is 0 Å². The summed E-state index contributed by atoms with van der Waals surface area (Å²) in [6.07, 6.45) is -2.48. The van der Waals surface area contributed by atoms with Crippen molar-refractivity contribution in [2.75, 3.05) is 0 Å². The Labute approximate surface area is 163 Å². The minimum atomic E-state index is -4.49. The van der Waals surface area contributed by atoms with Crippen molar-refractivity contribution in [3.63, 3.8) is 0 Å². The number of aliphatic carboxylic acids is 1. The highest BCUT2D eigenvalue weighted by atomic mass is 32.1. The first-order valence-electron chi connectivity index (χ1n) is 8.09. The van der Waals surface area contributed by atoms with Crippen LogP contribution in [0.4, 0.5) is 13.2 Å². The van der Waals surface area contributed by atoms with E-state index in [1.807, 2.05) is 0 Å². The molecule has 3 aromatic heterocycles.